The van der Waals surface area contributed by atoms with Crippen LogP contribution in [-0.4, -0.2) is 39.2 Å². The van der Waals surface area contributed by atoms with E-state index < -0.39 is 8.07 Å². The monoisotopic (exact) mass is 251 g/mol. The lowest BCUT2D eigenvalue weighted by atomic mass is 10.2. The Hall–Kier alpha value is -1.29. The Bertz CT molecular complexity index is 399. The lowest BCUT2D eigenvalue weighted by Gasteiger charge is -2.25. The third kappa shape index (κ3) is 3.89. The van der Waals surface area contributed by atoms with E-state index in [9.17, 15) is 4.79 Å². The first-order valence-corrected chi connectivity index (χ1v) is 9.44. The molecule has 0 N–H and O–H groups in total. The Morgan fingerprint density at radius 2 is 1.88 bits per heavy atom. The second-order valence-electron chi connectivity index (χ2n) is 5.42. The first-order valence-electron chi connectivity index (χ1n) is 5.73. The molecule has 0 saturated carbocycles. The van der Waals surface area contributed by atoms with Gasteiger partial charge in [0.1, 0.15) is 5.75 Å². The van der Waals surface area contributed by atoms with E-state index in [1.54, 1.807) is 12.0 Å². The number of hydrogen-bond donors (Lipinski definition) is 0. The van der Waals surface area contributed by atoms with Gasteiger partial charge in [0.25, 0.3) is 5.91 Å². The van der Waals surface area contributed by atoms with E-state index in [2.05, 4.69) is 19.6 Å². The third-order valence-corrected chi connectivity index (χ3v) is 3.82. The average Bonchev–Trinajstić information content (AvgIpc) is 2.25. The van der Waals surface area contributed by atoms with Crippen molar-refractivity contribution in [3.05, 3.63) is 29.8 Å². The number of ether oxygens (including phenoxy) is 1. The predicted octanol–water partition coefficient (Wildman–Crippen LogP) is 2.64. The van der Waals surface area contributed by atoms with E-state index in [0.29, 0.717) is 11.3 Å². The number of carbonyl (C=O) groups excluding carboxylic acids is 1. The van der Waals surface area contributed by atoms with Gasteiger partial charge in [-0.2, -0.15) is 0 Å². The van der Waals surface area contributed by atoms with Crippen LogP contribution in [0.1, 0.15) is 10.4 Å². The minimum Gasteiger partial charge on any atom is -0.496 e. The Morgan fingerprint density at radius 3 is 2.41 bits per heavy atom. The second-order valence-corrected chi connectivity index (χ2v) is 10.9. The van der Waals surface area contributed by atoms with Crippen molar-refractivity contribution in [2.24, 2.45) is 0 Å². The van der Waals surface area contributed by atoms with Crippen molar-refractivity contribution in [1.29, 1.82) is 0 Å². The van der Waals surface area contributed by atoms with Gasteiger partial charge in [-0.05, 0) is 12.1 Å². The van der Waals surface area contributed by atoms with Crippen LogP contribution in [0.4, 0.5) is 0 Å². The topological polar surface area (TPSA) is 29.5 Å². The van der Waals surface area contributed by atoms with Crippen molar-refractivity contribution in [1.82, 2.24) is 4.90 Å². The number of carbonyl (C=O) groups is 1. The molecule has 1 amide bonds. The summed E-state index contributed by atoms with van der Waals surface area (Å²) in [6, 6.07) is 7.35. The summed E-state index contributed by atoms with van der Waals surface area (Å²) in [5.74, 6) is 0.671. The highest BCUT2D eigenvalue weighted by atomic mass is 28.3. The summed E-state index contributed by atoms with van der Waals surface area (Å²) in [4.78, 5) is 14.1. The van der Waals surface area contributed by atoms with Gasteiger partial charge >= 0.3 is 0 Å². The normalized spacial score (nSPS) is 11.1. The molecule has 1 aromatic rings. The van der Waals surface area contributed by atoms with Crippen LogP contribution >= 0.6 is 0 Å². The van der Waals surface area contributed by atoms with Gasteiger partial charge in [0.05, 0.1) is 20.7 Å². The molecular weight excluding hydrogens is 230 g/mol. The highest BCUT2D eigenvalue weighted by Crippen LogP contribution is 2.19. The lowest BCUT2D eigenvalue weighted by Crippen LogP contribution is -2.41. The Balaban J connectivity index is 2.89. The van der Waals surface area contributed by atoms with Crippen LogP contribution < -0.4 is 4.74 Å². The molecule has 0 bridgehead atoms. The molecule has 0 aliphatic rings. The predicted molar refractivity (Wildman–Crippen MR) is 73.3 cm³/mol. The molecule has 1 rings (SSSR count). The van der Waals surface area contributed by atoms with E-state index in [0.717, 1.165) is 6.17 Å². The van der Waals surface area contributed by atoms with E-state index in [4.69, 9.17) is 4.74 Å². The van der Waals surface area contributed by atoms with Gasteiger partial charge in [-0.25, -0.2) is 0 Å². The third-order valence-electron chi connectivity index (χ3n) is 2.40. The van der Waals surface area contributed by atoms with E-state index in [-0.39, 0.29) is 5.91 Å². The molecule has 4 heteroatoms. The quantitative estimate of drug-likeness (QED) is 0.770. The van der Waals surface area contributed by atoms with E-state index in [1.165, 1.54) is 0 Å². The molecule has 0 heterocycles. The van der Waals surface area contributed by atoms with E-state index in [1.807, 2.05) is 31.3 Å². The molecule has 0 fully saturated rings. The largest absolute Gasteiger partial charge is 0.496 e. The molecule has 0 spiro atoms. The molecule has 0 unspecified atom stereocenters. The van der Waals surface area contributed by atoms with Crippen LogP contribution in [0, 0.1) is 0 Å². The molecule has 17 heavy (non-hydrogen) atoms. The van der Waals surface area contributed by atoms with Gasteiger partial charge in [0.15, 0.2) is 0 Å². The molecule has 0 saturated heterocycles. The number of methoxy groups -OCH3 is 1. The van der Waals surface area contributed by atoms with Crippen LogP contribution in [0.5, 0.6) is 5.75 Å². The summed E-state index contributed by atoms with van der Waals surface area (Å²) in [6.45, 7) is 6.75. The maximum absolute atomic E-state index is 12.3. The molecule has 0 aliphatic heterocycles. The minimum absolute atomic E-state index is 0.0323. The SMILES string of the molecule is COc1ccccc1C(=O)N(C)C[Si](C)(C)C. The smallest absolute Gasteiger partial charge is 0.257 e. The van der Waals surface area contributed by atoms with Crippen molar-refractivity contribution in [2.75, 3.05) is 20.3 Å². The summed E-state index contributed by atoms with van der Waals surface area (Å²) in [6.07, 6.45) is 0.851. The summed E-state index contributed by atoms with van der Waals surface area (Å²) in [7, 11) is 2.16. The fourth-order valence-corrected chi connectivity index (χ4v) is 3.38. The van der Waals surface area contributed by atoms with Gasteiger partial charge in [0.2, 0.25) is 0 Å². The highest BCUT2D eigenvalue weighted by molar-refractivity contribution is 6.76. The number of amides is 1. The summed E-state index contributed by atoms with van der Waals surface area (Å²) in [5, 5.41) is 0. The zero-order valence-electron chi connectivity index (χ0n) is 11.3. The van der Waals surface area contributed by atoms with Gasteiger partial charge in [-0.15, -0.1) is 0 Å². The average molecular weight is 251 g/mol. The van der Waals surface area contributed by atoms with Crippen molar-refractivity contribution in [3.63, 3.8) is 0 Å². The molecule has 0 aromatic heterocycles. The molecule has 1 aromatic carbocycles. The van der Waals surface area contributed by atoms with E-state index >= 15 is 0 Å². The van der Waals surface area contributed by atoms with Crippen molar-refractivity contribution in [3.8, 4) is 5.75 Å². The maximum Gasteiger partial charge on any atom is 0.257 e. The first-order chi connectivity index (χ1) is 7.85. The molecule has 94 valence electrons. The van der Waals surface area contributed by atoms with Gasteiger partial charge in [-0.3, -0.25) is 4.79 Å². The van der Waals surface area contributed by atoms with Crippen LogP contribution in [0.25, 0.3) is 0 Å². The Kier molecular flexibility index (Phi) is 4.34. The van der Waals surface area contributed by atoms with Gasteiger partial charge in [0, 0.05) is 13.2 Å². The molecule has 0 radical (unpaired) electrons. The number of nitrogens with zero attached hydrogens (tertiary/aromatic N) is 1. The van der Waals surface area contributed by atoms with Crippen molar-refractivity contribution >= 4 is 14.0 Å². The fourth-order valence-electron chi connectivity index (χ4n) is 1.81. The van der Waals surface area contributed by atoms with Gasteiger partial charge in [-0.1, -0.05) is 31.8 Å². The standard InChI is InChI=1S/C13H21NO2Si/c1-14(10-17(3,4)5)13(15)11-8-6-7-9-12(11)16-2/h6-9H,10H2,1-5H3. The second kappa shape index (κ2) is 5.36. The van der Waals surface area contributed by atoms with Crippen LogP contribution in [-0.2, 0) is 0 Å². The molecule has 0 atom stereocenters. The lowest BCUT2D eigenvalue weighted by molar-refractivity contribution is 0.0812. The minimum atomic E-state index is -1.28. The zero-order chi connectivity index (χ0) is 13.1. The fraction of sp³-hybridized carbons (Fsp3) is 0.462. The van der Waals surface area contributed by atoms with Crippen molar-refractivity contribution < 1.29 is 9.53 Å². The summed E-state index contributed by atoms with van der Waals surface area (Å²) in [5.41, 5.74) is 0.635. The number of para-hydroxylation sites is 1. The molecule has 0 aliphatic carbocycles. The zero-order valence-corrected chi connectivity index (χ0v) is 12.3. The summed E-state index contributed by atoms with van der Waals surface area (Å²) >= 11 is 0. The summed E-state index contributed by atoms with van der Waals surface area (Å²) < 4.78 is 5.21. The van der Waals surface area contributed by atoms with Crippen LogP contribution in [0.15, 0.2) is 24.3 Å². The van der Waals surface area contributed by atoms with Crippen molar-refractivity contribution in [2.45, 2.75) is 19.6 Å². The number of benzene rings is 1. The Morgan fingerprint density at radius 1 is 1.29 bits per heavy atom. The molecular formula is C13H21NO2Si. The van der Waals surface area contributed by atoms with Crippen LogP contribution in [0.2, 0.25) is 19.6 Å². The molecule has 3 nitrogen and oxygen atoms in total. The van der Waals surface area contributed by atoms with Gasteiger partial charge < -0.3 is 9.64 Å². The first kappa shape index (κ1) is 13.8. The maximum atomic E-state index is 12.3. The Labute approximate surface area is 104 Å². The highest BCUT2D eigenvalue weighted by Gasteiger charge is 2.22. The number of hydrogen-bond acceptors (Lipinski definition) is 2. The number of rotatable bonds is 4. The van der Waals surface area contributed by atoms with Crippen LogP contribution in [0.3, 0.4) is 0 Å².